The van der Waals surface area contributed by atoms with Crippen LogP contribution in [0.25, 0.3) is 0 Å². The van der Waals surface area contributed by atoms with Crippen LogP contribution in [-0.4, -0.2) is 52.1 Å². The molecular formula is C28H29FN2O4. The van der Waals surface area contributed by atoms with Crippen molar-refractivity contribution < 1.29 is 23.8 Å². The number of hydrogen-bond donors (Lipinski definition) is 1. The largest absolute Gasteiger partial charge is 0.445 e. The Balaban J connectivity index is 1.40. The van der Waals surface area contributed by atoms with Gasteiger partial charge in [-0.3, -0.25) is 4.79 Å². The summed E-state index contributed by atoms with van der Waals surface area (Å²) in [6, 6.07) is 24.7. The number of hydrogen-bond acceptors (Lipinski definition) is 4. The number of amides is 2. The summed E-state index contributed by atoms with van der Waals surface area (Å²) in [6.07, 6.45) is 0.131. The molecule has 3 aromatic rings. The molecule has 0 radical (unpaired) electrons. The Morgan fingerprint density at radius 3 is 2.09 bits per heavy atom. The Morgan fingerprint density at radius 1 is 0.886 bits per heavy atom. The lowest BCUT2D eigenvalue weighted by atomic mass is 9.90. The van der Waals surface area contributed by atoms with Crippen LogP contribution in [0.15, 0.2) is 84.9 Å². The molecule has 1 heterocycles. The third kappa shape index (κ3) is 6.45. The van der Waals surface area contributed by atoms with Gasteiger partial charge in [-0.2, -0.15) is 0 Å². The number of carbonyl (C=O) groups excluding carboxylic acids is 2. The first-order valence-corrected chi connectivity index (χ1v) is 11.7. The van der Waals surface area contributed by atoms with E-state index in [-0.39, 0.29) is 38.1 Å². The fraction of sp³-hybridized carbons (Fsp3) is 0.286. The molecule has 1 N–H and O–H groups in total. The summed E-state index contributed by atoms with van der Waals surface area (Å²) in [7, 11) is 0. The highest BCUT2D eigenvalue weighted by Crippen LogP contribution is 2.26. The average Bonchev–Trinajstić information content (AvgIpc) is 2.88. The van der Waals surface area contributed by atoms with E-state index in [1.807, 2.05) is 60.7 Å². The van der Waals surface area contributed by atoms with Gasteiger partial charge in [-0.05, 0) is 36.1 Å². The summed E-state index contributed by atoms with van der Waals surface area (Å²) in [5.41, 5.74) is 0.542. The van der Waals surface area contributed by atoms with Crippen LogP contribution >= 0.6 is 0 Å². The van der Waals surface area contributed by atoms with Gasteiger partial charge in [-0.15, -0.1) is 0 Å². The molecule has 0 saturated carbocycles. The van der Waals surface area contributed by atoms with E-state index in [2.05, 4.69) is 0 Å². The molecule has 0 spiro atoms. The number of piperidine rings is 1. The molecule has 0 unspecified atom stereocenters. The predicted octanol–water partition coefficient (Wildman–Crippen LogP) is 4.63. The number of ether oxygens (including phenoxy) is 1. The molecule has 1 fully saturated rings. The number of likely N-dealkylation sites (tertiary alicyclic amines) is 1. The molecule has 0 aliphatic carbocycles. The zero-order valence-corrected chi connectivity index (χ0v) is 19.5. The van der Waals surface area contributed by atoms with Gasteiger partial charge in [0.25, 0.3) is 5.91 Å². The van der Waals surface area contributed by atoms with Crippen molar-refractivity contribution in [1.82, 2.24) is 9.80 Å². The van der Waals surface area contributed by atoms with Gasteiger partial charge < -0.3 is 19.6 Å². The quantitative estimate of drug-likeness (QED) is 0.540. The zero-order valence-electron chi connectivity index (χ0n) is 19.5. The van der Waals surface area contributed by atoms with Crippen LogP contribution in [0.2, 0.25) is 0 Å². The standard InChI is InChI=1S/C28H29FN2O4/c29-25-14-8-7-13-24(25)26(32)31(19-22-9-3-1-4-10-22)21-28(34)15-17-30(18-16-28)27(33)35-20-23-11-5-2-6-12-23/h1-14,34H,15-21H2. The van der Waals surface area contributed by atoms with E-state index < -0.39 is 23.4 Å². The van der Waals surface area contributed by atoms with Crippen LogP contribution in [0.3, 0.4) is 0 Å². The van der Waals surface area contributed by atoms with E-state index in [1.54, 1.807) is 11.0 Å². The normalized spacial score (nSPS) is 14.9. The first-order valence-electron chi connectivity index (χ1n) is 11.7. The molecule has 3 aromatic carbocycles. The second-order valence-electron chi connectivity index (χ2n) is 8.88. The fourth-order valence-electron chi connectivity index (χ4n) is 4.24. The first-order chi connectivity index (χ1) is 16.9. The molecule has 0 aromatic heterocycles. The van der Waals surface area contributed by atoms with Gasteiger partial charge in [-0.25, -0.2) is 9.18 Å². The number of aliphatic hydroxyl groups is 1. The number of benzene rings is 3. The smallest absolute Gasteiger partial charge is 0.410 e. The summed E-state index contributed by atoms with van der Waals surface area (Å²) in [5, 5.41) is 11.3. The van der Waals surface area contributed by atoms with E-state index in [0.29, 0.717) is 13.1 Å². The maximum Gasteiger partial charge on any atom is 0.410 e. The Hall–Kier alpha value is -3.71. The van der Waals surface area contributed by atoms with Crippen LogP contribution in [-0.2, 0) is 17.9 Å². The SMILES string of the molecule is O=C(OCc1ccccc1)N1CCC(O)(CN(Cc2ccccc2)C(=O)c2ccccc2F)CC1. The number of halogens is 1. The Labute approximate surface area is 204 Å². The second kappa shape index (κ2) is 11.1. The third-order valence-corrected chi connectivity index (χ3v) is 6.25. The van der Waals surface area contributed by atoms with Crippen LogP contribution < -0.4 is 0 Å². The molecule has 182 valence electrons. The summed E-state index contributed by atoms with van der Waals surface area (Å²) in [4.78, 5) is 28.8. The molecule has 1 aliphatic heterocycles. The third-order valence-electron chi connectivity index (χ3n) is 6.25. The molecule has 0 atom stereocenters. The van der Waals surface area contributed by atoms with Gasteiger partial charge in [0.2, 0.25) is 0 Å². The number of rotatable bonds is 7. The average molecular weight is 477 g/mol. The molecule has 7 heteroatoms. The molecule has 2 amide bonds. The van der Waals surface area contributed by atoms with Crippen molar-refractivity contribution in [2.45, 2.75) is 31.6 Å². The van der Waals surface area contributed by atoms with Crippen molar-refractivity contribution in [3.8, 4) is 0 Å². The highest BCUT2D eigenvalue weighted by atomic mass is 19.1. The van der Waals surface area contributed by atoms with Crippen LogP contribution in [0.4, 0.5) is 9.18 Å². The molecule has 6 nitrogen and oxygen atoms in total. The van der Waals surface area contributed by atoms with E-state index >= 15 is 0 Å². The van der Waals surface area contributed by atoms with E-state index in [1.165, 1.54) is 23.1 Å². The van der Waals surface area contributed by atoms with Crippen molar-refractivity contribution in [2.24, 2.45) is 0 Å². The Bertz CT molecular complexity index is 1130. The summed E-state index contributed by atoms with van der Waals surface area (Å²) < 4.78 is 19.8. The van der Waals surface area contributed by atoms with Gasteiger partial charge in [0.1, 0.15) is 12.4 Å². The van der Waals surface area contributed by atoms with Gasteiger partial charge in [-0.1, -0.05) is 72.8 Å². The first kappa shape index (κ1) is 24.4. The van der Waals surface area contributed by atoms with Gasteiger partial charge in [0, 0.05) is 19.6 Å². The highest BCUT2D eigenvalue weighted by molar-refractivity contribution is 5.94. The van der Waals surface area contributed by atoms with E-state index in [9.17, 15) is 19.1 Å². The molecule has 1 saturated heterocycles. The van der Waals surface area contributed by atoms with Gasteiger partial charge in [0.05, 0.1) is 17.7 Å². The lowest BCUT2D eigenvalue weighted by Crippen LogP contribution is -2.53. The predicted molar refractivity (Wildman–Crippen MR) is 130 cm³/mol. The maximum absolute atomic E-state index is 14.4. The lowest BCUT2D eigenvalue weighted by Gasteiger charge is -2.40. The summed E-state index contributed by atoms with van der Waals surface area (Å²) >= 11 is 0. The van der Waals surface area contributed by atoms with Crippen molar-refractivity contribution in [3.63, 3.8) is 0 Å². The number of nitrogens with zero attached hydrogens (tertiary/aromatic N) is 2. The van der Waals surface area contributed by atoms with E-state index in [0.717, 1.165) is 11.1 Å². The van der Waals surface area contributed by atoms with Crippen molar-refractivity contribution in [3.05, 3.63) is 107 Å². The van der Waals surface area contributed by atoms with Crippen molar-refractivity contribution in [2.75, 3.05) is 19.6 Å². The summed E-state index contributed by atoms with van der Waals surface area (Å²) in [5.74, 6) is -1.08. The lowest BCUT2D eigenvalue weighted by molar-refractivity contribution is -0.0412. The van der Waals surface area contributed by atoms with Crippen LogP contribution in [0, 0.1) is 5.82 Å². The topological polar surface area (TPSA) is 70.1 Å². The molecule has 35 heavy (non-hydrogen) atoms. The van der Waals surface area contributed by atoms with Crippen LogP contribution in [0.1, 0.15) is 34.3 Å². The van der Waals surface area contributed by atoms with Crippen molar-refractivity contribution >= 4 is 12.0 Å². The van der Waals surface area contributed by atoms with Crippen molar-refractivity contribution in [1.29, 1.82) is 0 Å². The fourth-order valence-corrected chi connectivity index (χ4v) is 4.24. The maximum atomic E-state index is 14.4. The van der Waals surface area contributed by atoms with E-state index in [4.69, 9.17) is 4.74 Å². The minimum absolute atomic E-state index is 0.0297. The monoisotopic (exact) mass is 476 g/mol. The van der Waals surface area contributed by atoms with Gasteiger partial charge in [0.15, 0.2) is 0 Å². The molecule has 1 aliphatic rings. The summed E-state index contributed by atoms with van der Waals surface area (Å²) in [6.45, 7) is 1.05. The van der Waals surface area contributed by atoms with Gasteiger partial charge >= 0.3 is 6.09 Å². The second-order valence-corrected chi connectivity index (χ2v) is 8.88. The highest BCUT2D eigenvalue weighted by Gasteiger charge is 2.37. The minimum Gasteiger partial charge on any atom is -0.445 e. The van der Waals surface area contributed by atoms with Crippen LogP contribution in [0.5, 0.6) is 0 Å². The molecular weight excluding hydrogens is 447 g/mol. The molecule has 0 bridgehead atoms. The number of carbonyl (C=O) groups is 2. The zero-order chi connectivity index (χ0) is 24.7. The Kier molecular flexibility index (Phi) is 7.77. The minimum atomic E-state index is -1.20. The molecule has 4 rings (SSSR count). The Morgan fingerprint density at radius 2 is 1.46 bits per heavy atom.